The first kappa shape index (κ1) is 13.8. The molecule has 2 nitrogen and oxygen atoms in total. The summed E-state index contributed by atoms with van der Waals surface area (Å²) in [6, 6.07) is 1.72. The second-order valence-electron chi connectivity index (χ2n) is 3.08. The molecule has 1 aromatic carbocycles. The highest BCUT2D eigenvalue weighted by molar-refractivity contribution is 6.35. The summed E-state index contributed by atoms with van der Waals surface area (Å²) in [7, 11) is 0. The van der Waals surface area contributed by atoms with Gasteiger partial charge >= 0.3 is 6.61 Å². The number of rotatable bonds is 4. The third kappa shape index (κ3) is 3.09. The molecule has 0 saturated heterocycles. The molecule has 0 bridgehead atoms. The van der Waals surface area contributed by atoms with E-state index >= 15 is 0 Å². The number of carbonyl (C=O) groups excluding carboxylic acids is 1. The lowest BCUT2D eigenvalue weighted by atomic mass is 10.0. The third-order valence-corrected chi connectivity index (χ3v) is 2.32. The number of carbonyl (C=O) groups is 1. The monoisotopic (exact) mass is 270 g/mol. The number of Topliss-reactive ketones (excluding diaryl/α,β-unsaturated/α-hetero) is 1. The van der Waals surface area contributed by atoms with Crippen molar-refractivity contribution in [1.29, 1.82) is 0 Å². The fourth-order valence-corrected chi connectivity index (χ4v) is 1.65. The Labute approximate surface area is 99.1 Å². The molecular weight excluding hydrogens is 264 g/mol. The normalized spacial score (nSPS) is 11.1. The van der Waals surface area contributed by atoms with Crippen molar-refractivity contribution < 1.29 is 27.1 Å². The van der Waals surface area contributed by atoms with Crippen LogP contribution in [0.5, 0.6) is 5.75 Å². The van der Waals surface area contributed by atoms with Gasteiger partial charge in [0.2, 0.25) is 0 Å². The van der Waals surface area contributed by atoms with Crippen LogP contribution in [0.2, 0.25) is 5.02 Å². The van der Waals surface area contributed by atoms with Crippen LogP contribution in [0.15, 0.2) is 12.1 Å². The van der Waals surface area contributed by atoms with Crippen molar-refractivity contribution in [3.63, 3.8) is 0 Å². The van der Waals surface area contributed by atoms with Crippen LogP contribution in [0.3, 0.4) is 0 Å². The molecule has 0 aliphatic heterocycles. The second kappa shape index (κ2) is 5.35. The summed E-state index contributed by atoms with van der Waals surface area (Å²) in [4.78, 5) is 11.2. The van der Waals surface area contributed by atoms with Crippen LogP contribution in [0.4, 0.5) is 17.6 Å². The van der Waals surface area contributed by atoms with Gasteiger partial charge in [-0.1, -0.05) is 11.6 Å². The molecule has 0 spiro atoms. The molecule has 7 heteroatoms. The van der Waals surface area contributed by atoms with E-state index in [0.717, 1.165) is 19.1 Å². The fraction of sp³-hybridized carbons (Fsp3) is 0.300. The van der Waals surface area contributed by atoms with E-state index in [1.54, 1.807) is 0 Å². The van der Waals surface area contributed by atoms with Gasteiger partial charge in [0.05, 0.1) is 5.02 Å². The van der Waals surface area contributed by atoms with Crippen molar-refractivity contribution in [1.82, 2.24) is 0 Å². The van der Waals surface area contributed by atoms with Crippen molar-refractivity contribution in [2.24, 2.45) is 0 Å². The summed E-state index contributed by atoms with van der Waals surface area (Å²) in [5.74, 6) is -1.25. The zero-order valence-corrected chi connectivity index (χ0v) is 9.27. The average Bonchev–Trinajstić information content (AvgIpc) is 2.19. The van der Waals surface area contributed by atoms with Crippen LogP contribution in [0.25, 0.3) is 0 Å². The summed E-state index contributed by atoms with van der Waals surface area (Å²) >= 11 is 5.58. The van der Waals surface area contributed by atoms with Crippen molar-refractivity contribution >= 4 is 17.4 Å². The van der Waals surface area contributed by atoms with Crippen LogP contribution in [-0.4, -0.2) is 12.4 Å². The van der Waals surface area contributed by atoms with Crippen LogP contribution in [0.1, 0.15) is 29.3 Å². The Morgan fingerprint density at radius 1 is 1.29 bits per heavy atom. The molecule has 0 aliphatic rings. The fourth-order valence-electron chi connectivity index (χ4n) is 1.30. The Balaban J connectivity index is 3.33. The van der Waals surface area contributed by atoms with E-state index in [1.807, 2.05) is 0 Å². The van der Waals surface area contributed by atoms with E-state index in [2.05, 4.69) is 4.74 Å². The maximum atomic E-state index is 12.6. The highest BCUT2D eigenvalue weighted by Crippen LogP contribution is 2.36. The minimum Gasteiger partial charge on any atom is -0.433 e. The van der Waals surface area contributed by atoms with E-state index in [1.165, 1.54) is 0 Å². The predicted molar refractivity (Wildman–Crippen MR) is 53.0 cm³/mol. The van der Waals surface area contributed by atoms with Gasteiger partial charge in [-0.25, -0.2) is 8.78 Å². The Morgan fingerprint density at radius 2 is 1.88 bits per heavy atom. The van der Waals surface area contributed by atoms with Crippen molar-refractivity contribution in [2.45, 2.75) is 20.0 Å². The minimum absolute atomic E-state index is 0.500. The molecule has 0 saturated carbocycles. The maximum absolute atomic E-state index is 12.6. The summed E-state index contributed by atoms with van der Waals surface area (Å²) < 4.78 is 53.1. The molecule has 1 aromatic rings. The lowest BCUT2D eigenvalue weighted by Gasteiger charge is -2.12. The number of hydrogen-bond donors (Lipinski definition) is 0. The second-order valence-corrected chi connectivity index (χ2v) is 3.46. The number of ketones is 1. The van der Waals surface area contributed by atoms with Crippen molar-refractivity contribution in [2.75, 3.05) is 0 Å². The number of alkyl halides is 4. The molecule has 0 radical (unpaired) electrons. The van der Waals surface area contributed by atoms with Gasteiger partial charge in [0, 0.05) is 11.1 Å². The molecule has 0 atom stereocenters. The minimum atomic E-state index is -3.15. The number of benzene rings is 1. The Morgan fingerprint density at radius 3 is 2.29 bits per heavy atom. The van der Waals surface area contributed by atoms with Gasteiger partial charge in [-0.3, -0.25) is 4.79 Å². The topological polar surface area (TPSA) is 26.3 Å². The Kier molecular flexibility index (Phi) is 4.34. The predicted octanol–water partition coefficient (Wildman–Crippen LogP) is 4.08. The quantitative estimate of drug-likeness (QED) is 0.609. The van der Waals surface area contributed by atoms with E-state index in [9.17, 15) is 22.4 Å². The zero-order valence-electron chi connectivity index (χ0n) is 8.52. The molecule has 0 fully saturated rings. The summed E-state index contributed by atoms with van der Waals surface area (Å²) in [6.45, 7) is -2.14. The van der Waals surface area contributed by atoms with Crippen molar-refractivity contribution in [3.8, 4) is 5.75 Å². The van der Waals surface area contributed by atoms with Crippen LogP contribution in [0, 0.1) is 0 Å². The van der Waals surface area contributed by atoms with E-state index < -0.39 is 40.7 Å². The van der Waals surface area contributed by atoms with Gasteiger partial charge in [0.1, 0.15) is 5.75 Å². The molecule has 0 aliphatic carbocycles. The van der Waals surface area contributed by atoms with Gasteiger partial charge < -0.3 is 4.74 Å². The molecule has 94 valence electrons. The van der Waals surface area contributed by atoms with E-state index in [0.29, 0.717) is 0 Å². The standard InChI is InChI=1S/C10H7ClF4O2/c1-4(16)7-5(9(12)13)2-3-6(8(7)11)17-10(14)15/h2-3,9-10H,1H3. The SMILES string of the molecule is CC(=O)c1c(C(F)F)ccc(OC(F)F)c1Cl. The van der Waals surface area contributed by atoms with Crippen molar-refractivity contribution in [3.05, 3.63) is 28.3 Å². The number of hydrogen-bond acceptors (Lipinski definition) is 2. The highest BCUT2D eigenvalue weighted by atomic mass is 35.5. The summed E-state index contributed by atoms with van der Waals surface area (Å²) in [5, 5.41) is -0.532. The molecule has 0 N–H and O–H groups in total. The van der Waals surface area contributed by atoms with Gasteiger partial charge in [-0.2, -0.15) is 8.78 Å². The number of ether oxygens (including phenoxy) is 1. The first-order valence-corrected chi connectivity index (χ1v) is 4.78. The van der Waals surface area contributed by atoms with Gasteiger partial charge in [-0.15, -0.1) is 0 Å². The van der Waals surface area contributed by atoms with E-state index in [4.69, 9.17) is 11.6 Å². The Bertz CT molecular complexity index is 435. The first-order chi connectivity index (χ1) is 7.84. The molecule has 17 heavy (non-hydrogen) atoms. The summed E-state index contributed by atoms with van der Waals surface area (Å²) in [6.07, 6.45) is -2.92. The molecule has 0 amide bonds. The van der Waals surface area contributed by atoms with Gasteiger partial charge in [0.25, 0.3) is 6.43 Å². The highest BCUT2D eigenvalue weighted by Gasteiger charge is 2.22. The van der Waals surface area contributed by atoms with Gasteiger partial charge in [-0.05, 0) is 19.1 Å². The molecule has 1 rings (SSSR count). The average molecular weight is 271 g/mol. The maximum Gasteiger partial charge on any atom is 0.387 e. The van der Waals surface area contributed by atoms with Gasteiger partial charge in [0.15, 0.2) is 5.78 Å². The lowest BCUT2D eigenvalue weighted by molar-refractivity contribution is -0.0498. The first-order valence-electron chi connectivity index (χ1n) is 4.41. The Hall–Kier alpha value is -1.30. The van der Waals surface area contributed by atoms with Crippen LogP contribution < -0.4 is 4.74 Å². The summed E-state index contributed by atoms with van der Waals surface area (Å²) in [5.41, 5.74) is -1.11. The third-order valence-electron chi connectivity index (χ3n) is 1.94. The lowest BCUT2D eigenvalue weighted by Crippen LogP contribution is -2.07. The van der Waals surface area contributed by atoms with Crippen LogP contribution >= 0.6 is 11.6 Å². The molecule has 0 aromatic heterocycles. The molecular formula is C10H7ClF4O2. The number of halogens is 5. The van der Waals surface area contributed by atoms with E-state index in [-0.39, 0.29) is 0 Å². The largest absolute Gasteiger partial charge is 0.433 e. The zero-order chi connectivity index (χ0) is 13.2. The smallest absolute Gasteiger partial charge is 0.387 e. The molecule has 0 heterocycles. The molecule has 0 unspecified atom stereocenters. The van der Waals surface area contributed by atoms with Crippen LogP contribution in [-0.2, 0) is 0 Å².